The maximum absolute atomic E-state index is 4.89. The van der Waals surface area contributed by atoms with Crippen molar-refractivity contribution in [1.82, 2.24) is 14.9 Å². The monoisotopic (exact) mass is 271 g/mol. The number of benzene rings is 1. The van der Waals surface area contributed by atoms with Crippen LogP contribution >= 0.6 is 0 Å². The molecule has 1 aromatic carbocycles. The Balaban J connectivity index is 1.87. The molecule has 1 N–H and O–H groups in total. The molecule has 108 valence electrons. The van der Waals surface area contributed by atoms with Gasteiger partial charge in [0.15, 0.2) is 0 Å². The number of aryl methyl sites for hydroxylation is 1. The van der Waals surface area contributed by atoms with E-state index in [0.717, 1.165) is 37.4 Å². The zero-order valence-corrected chi connectivity index (χ0v) is 12.6. The van der Waals surface area contributed by atoms with Crippen molar-refractivity contribution in [2.45, 2.75) is 52.1 Å². The Labute approximate surface area is 121 Å². The maximum atomic E-state index is 4.89. The second kappa shape index (κ2) is 5.96. The summed E-state index contributed by atoms with van der Waals surface area (Å²) in [5.41, 5.74) is 2.45. The smallest absolute Gasteiger partial charge is 0.110 e. The Bertz CT molecular complexity index is 573. The van der Waals surface area contributed by atoms with Crippen LogP contribution in [0.1, 0.15) is 38.9 Å². The fourth-order valence-electron chi connectivity index (χ4n) is 3.43. The number of hydrogen-bond acceptors (Lipinski definition) is 2. The van der Waals surface area contributed by atoms with Gasteiger partial charge in [0.25, 0.3) is 0 Å². The third kappa shape index (κ3) is 2.73. The fourth-order valence-corrected chi connectivity index (χ4v) is 3.43. The lowest BCUT2D eigenvalue weighted by Crippen LogP contribution is -2.36. The summed E-state index contributed by atoms with van der Waals surface area (Å²) in [6, 6.07) is 9.19. The molecule has 3 nitrogen and oxygen atoms in total. The lowest BCUT2D eigenvalue weighted by molar-refractivity contribution is 0.308. The zero-order valence-electron chi connectivity index (χ0n) is 12.6. The largest absolute Gasteiger partial charge is 0.328 e. The summed E-state index contributed by atoms with van der Waals surface area (Å²) in [4.78, 5) is 4.89. The van der Waals surface area contributed by atoms with E-state index < -0.39 is 0 Å². The molecule has 2 atom stereocenters. The van der Waals surface area contributed by atoms with Crippen molar-refractivity contribution in [1.29, 1.82) is 0 Å². The van der Waals surface area contributed by atoms with Crippen LogP contribution in [0.3, 0.4) is 0 Å². The van der Waals surface area contributed by atoms with Crippen LogP contribution in [0.25, 0.3) is 11.0 Å². The number of imidazole rings is 1. The molecule has 1 fully saturated rings. The highest BCUT2D eigenvalue weighted by Crippen LogP contribution is 2.24. The Morgan fingerprint density at radius 3 is 3.00 bits per heavy atom. The quantitative estimate of drug-likeness (QED) is 0.924. The molecule has 0 saturated carbocycles. The third-order valence-electron chi connectivity index (χ3n) is 4.38. The van der Waals surface area contributed by atoms with Gasteiger partial charge in [-0.1, -0.05) is 19.1 Å². The molecule has 1 saturated heterocycles. The molecule has 1 aliphatic heterocycles. The number of rotatable bonds is 4. The van der Waals surface area contributed by atoms with Gasteiger partial charge in [-0.05, 0) is 50.8 Å². The number of fused-ring (bicyclic) bond motifs is 1. The number of para-hydroxylation sites is 2. The summed E-state index contributed by atoms with van der Waals surface area (Å²) in [7, 11) is 0. The molecule has 20 heavy (non-hydrogen) atoms. The maximum Gasteiger partial charge on any atom is 0.110 e. The van der Waals surface area contributed by atoms with Crippen molar-refractivity contribution in [3.63, 3.8) is 0 Å². The number of piperidine rings is 1. The predicted molar refractivity (Wildman–Crippen MR) is 83.9 cm³/mol. The van der Waals surface area contributed by atoms with Crippen molar-refractivity contribution in [2.24, 2.45) is 5.92 Å². The van der Waals surface area contributed by atoms with Gasteiger partial charge in [0.05, 0.1) is 11.0 Å². The normalized spacial score (nSPS) is 23.3. The van der Waals surface area contributed by atoms with E-state index in [4.69, 9.17) is 4.98 Å². The van der Waals surface area contributed by atoms with Gasteiger partial charge in [-0.25, -0.2) is 4.98 Å². The molecule has 2 heterocycles. The summed E-state index contributed by atoms with van der Waals surface area (Å²) in [5, 5.41) is 3.54. The van der Waals surface area contributed by atoms with Crippen LogP contribution in [0.5, 0.6) is 0 Å². The van der Waals surface area contributed by atoms with Crippen LogP contribution in [-0.2, 0) is 13.0 Å². The number of hydrogen-bond donors (Lipinski definition) is 1. The van der Waals surface area contributed by atoms with Crippen LogP contribution in [-0.4, -0.2) is 22.1 Å². The third-order valence-corrected chi connectivity index (χ3v) is 4.38. The molecular weight excluding hydrogens is 246 g/mol. The van der Waals surface area contributed by atoms with E-state index in [1.165, 1.54) is 24.2 Å². The molecule has 1 aliphatic rings. The van der Waals surface area contributed by atoms with Crippen molar-refractivity contribution < 1.29 is 0 Å². The summed E-state index contributed by atoms with van der Waals surface area (Å²) in [6.07, 6.45) is 4.84. The summed E-state index contributed by atoms with van der Waals surface area (Å²) < 4.78 is 2.43. The standard InChI is InChI=1S/C17H25N3/c1-3-10-20-16-7-5-4-6-15(16)19-17(20)12-14-8-9-18-13(2)11-14/h4-7,13-14,18H,3,8-12H2,1-2H3. The van der Waals surface area contributed by atoms with Crippen LogP contribution in [0.2, 0.25) is 0 Å². The zero-order chi connectivity index (χ0) is 13.9. The number of aromatic nitrogens is 2. The van der Waals surface area contributed by atoms with E-state index in [1.807, 2.05) is 0 Å². The van der Waals surface area contributed by atoms with E-state index in [9.17, 15) is 0 Å². The highest BCUT2D eigenvalue weighted by Gasteiger charge is 2.21. The molecule has 1 aromatic heterocycles. The first-order chi connectivity index (χ1) is 9.78. The van der Waals surface area contributed by atoms with Gasteiger partial charge >= 0.3 is 0 Å². The van der Waals surface area contributed by atoms with Crippen LogP contribution < -0.4 is 5.32 Å². The minimum atomic E-state index is 0.651. The van der Waals surface area contributed by atoms with Crippen molar-refractivity contribution >= 4 is 11.0 Å². The Morgan fingerprint density at radius 1 is 1.35 bits per heavy atom. The van der Waals surface area contributed by atoms with Gasteiger partial charge in [0, 0.05) is 19.0 Å². The molecule has 0 aliphatic carbocycles. The van der Waals surface area contributed by atoms with Crippen molar-refractivity contribution in [2.75, 3.05) is 6.54 Å². The van der Waals surface area contributed by atoms with Gasteiger partial charge in [-0.15, -0.1) is 0 Å². The first-order valence-corrected chi connectivity index (χ1v) is 7.95. The highest BCUT2D eigenvalue weighted by molar-refractivity contribution is 5.75. The summed E-state index contributed by atoms with van der Waals surface area (Å²) >= 11 is 0. The van der Waals surface area contributed by atoms with E-state index in [-0.39, 0.29) is 0 Å². The average molecular weight is 271 g/mol. The molecule has 3 heteroatoms. The lowest BCUT2D eigenvalue weighted by atomic mass is 9.90. The van der Waals surface area contributed by atoms with Gasteiger partial charge in [0.2, 0.25) is 0 Å². The van der Waals surface area contributed by atoms with Gasteiger partial charge in [0.1, 0.15) is 5.82 Å². The van der Waals surface area contributed by atoms with E-state index >= 15 is 0 Å². The summed E-state index contributed by atoms with van der Waals surface area (Å²) in [5.74, 6) is 2.06. The van der Waals surface area contributed by atoms with Crippen LogP contribution in [0.4, 0.5) is 0 Å². The van der Waals surface area contributed by atoms with E-state index in [1.54, 1.807) is 0 Å². The van der Waals surface area contributed by atoms with Crippen molar-refractivity contribution in [3.05, 3.63) is 30.1 Å². The topological polar surface area (TPSA) is 29.9 Å². The fraction of sp³-hybridized carbons (Fsp3) is 0.588. The van der Waals surface area contributed by atoms with E-state index in [0.29, 0.717) is 6.04 Å². The highest BCUT2D eigenvalue weighted by atomic mass is 15.1. The second-order valence-electron chi connectivity index (χ2n) is 6.12. The SMILES string of the molecule is CCCn1c(CC2CCNC(C)C2)nc2ccccc21. The molecule has 0 radical (unpaired) electrons. The van der Waals surface area contributed by atoms with Gasteiger partial charge < -0.3 is 9.88 Å². The average Bonchev–Trinajstić information content (AvgIpc) is 2.77. The minimum Gasteiger partial charge on any atom is -0.328 e. The molecule has 3 rings (SSSR count). The van der Waals surface area contributed by atoms with Gasteiger partial charge in [-0.2, -0.15) is 0 Å². The lowest BCUT2D eigenvalue weighted by Gasteiger charge is -2.27. The Kier molecular flexibility index (Phi) is 4.06. The Hall–Kier alpha value is -1.35. The second-order valence-corrected chi connectivity index (χ2v) is 6.12. The van der Waals surface area contributed by atoms with Crippen molar-refractivity contribution in [3.8, 4) is 0 Å². The van der Waals surface area contributed by atoms with E-state index in [2.05, 4.69) is 48.0 Å². The molecular formula is C17H25N3. The molecule has 0 amide bonds. The summed E-state index contributed by atoms with van der Waals surface area (Å²) in [6.45, 7) is 6.77. The molecule has 0 spiro atoms. The van der Waals surface area contributed by atoms with Crippen LogP contribution in [0.15, 0.2) is 24.3 Å². The molecule has 2 unspecified atom stereocenters. The number of nitrogens with one attached hydrogen (secondary N) is 1. The molecule has 0 bridgehead atoms. The minimum absolute atomic E-state index is 0.651. The molecule has 2 aromatic rings. The van der Waals surface area contributed by atoms with Crippen LogP contribution in [0, 0.1) is 5.92 Å². The Morgan fingerprint density at radius 2 is 2.20 bits per heavy atom. The van der Waals surface area contributed by atoms with Gasteiger partial charge in [-0.3, -0.25) is 0 Å². The first kappa shape index (κ1) is 13.6. The predicted octanol–water partition coefficient (Wildman–Crippen LogP) is 3.38. The first-order valence-electron chi connectivity index (χ1n) is 7.95. The number of nitrogens with zero attached hydrogens (tertiary/aromatic N) is 2.